The molecule has 6 aromatic carbocycles. The van der Waals surface area contributed by atoms with Crippen LogP contribution in [0.2, 0.25) is 0 Å². The maximum absolute atomic E-state index is 5.16. The van der Waals surface area contributed by atoms with Crippen LogP contribution in [0.5, 0.6) is 0 Å². The van der Waals surface area contributed by atoms with Crippen molar-refractivity contribution in [2.24, 2.45) is 0 Å². The normalized spacial score (nSPS) is 11.0. The number of aryl methyl sites for hydroxylation is 3. The molecule has 0 saturated heterocycles. The first-order valence-corrected chi connectivity index (χ1v) is 15.4. The lowest BCUT2D eigenvalue weighted by Crippen LogP contribution is -1.96. The van der Waals surface area contributed by atoms with Crippen LogP contribution in [0.4, 0.5) is 0 Å². The molecule has 1 aromatic heterocycles. The van der Waals surface area contributed by atoms with E-state index >= 15 is 0 Å². The quantitative estimate of drug-likeness (QED) is 0.196. The third-order valence-electron chi connectivity index (χ3n) is 8.21. The monoisotopic (exact) mass is 578 g/mol. The van der Waals surface area contributed by atoms with Gasteiger partial charge in [0.05, 0.1) is 11.4 Å². The Morgan fingerprint density at radius 2 is 0.756 bits per heavy atom. The average molecular weight is 579 g/mol. The van der Waals surface area contributed by atoms with Gasteiger partial charge in [-0.05, 0) is 78.4 Å². The van der Waals surface area contributed by atoms with E-state index in [4.69, 9.17) is 9.97 Å². The van der Waals surface area contributed by atoms with E-state index in [-0.39, 0.29) is 0 Å². The summed E-state index contributed by atoms with van der Waals surface area (Å²) in [5.74, 6) is 0.711. The molecule has 0 bridgehead atoms. The summed E-state index contributed by atoms with van der Waals surface area (Å²) in [4.78, 5) is 10.2. The van der Waals surface area contributed by atoms with E-state index < -0.39 is 0 Å². The van der Waals surface area contributed by atoms with Crippen LogP contribution >= 0.6 is 0 Å². The molecule has 0 aliphatic heterocycles. The fourth-order valence-corrected chi connectivity index (χ4v) is 5.94. The van der Waals surface area contributed by atoms with Gasteiger partial charge >= 0.3 is 0 Å². The van der Waals surface area contributed by atoms with Gasteiger partial charge in [0, 0.05) is 16.7 Å². The number of rotatable bonds is 6. The Labute approximate surface area is 265 Å². The van der Waals surface area contributed by atoms with Crippen LogP contribution in [0.3, 0.4) is 0 Å². The van der Waals surface area contributed by atoms with Gasteiger partial charge < -0.3 is 0 Å². The summed E-state index contributed by atoms with van der Waals surface area (Å²) in [7, 11) is 0. The molecule has 216 valence electrons. The van der Waals surface area contributed by atoms with Crippen molar-refractivity contribution >= 4 is 0 Å². The zero-order chi connectivity index (χ0) is 30.8. The summed E-state index contributed by atoms with van der Waals surface area (Å²) in [5.41, 5.74) is 15.8. The van der Waals surface area contributed by atoms with E-state index in [2.05, 4.69) is 166 Å². The Bertz CT molecular complexity index is 2110. The molecule has 0 N–H and O–H groups in total. The Morgan fingerprint density at radius 1 is 0.289 bits per heavy atom. The van der Waals surface area contributed by atoms with Crippen molar-refractivity contribution in [2.45, 2.75) is 20.8 Å². The molecule has 2 heteroatoms. The molecule has 7 rings (SSSR count). The molecular weight excluding hydrogens is 544 g/mol. The summed E-state index contributed by atoms with van der Waals surface area (Å²) in [6.07, 6.45) is 0. The van der Waals surface area contributed by atoms with Gasteiger partial charge in [0.25, 0.3) is 0 Å². The SMILES string of the molecule is Cc1ccc(-c2cccc(-c3nc(-c4ccccc4)cc(-c4cccc(-c5cccc(-c6cc(C)cc(C)c6)c5)c4)n3)c2)cc1. The largest absolute Gasteiger partial charge is 0.228 e. The Balaban J connectivity index is 1.31. The first-order chi connectivity index (χ1) is 22.0. The van der Waals surface area contributed by atoms with Crippen LogP contribution in [0.15, 0.2) is 152 Å². The Kier molecular flexibility index (Phi) is 7.63. The number of hydrogen-bond donors (Lipinski definition) is 0. The molecule has 0 aliphatic carbocycles. The first kappa shape index (κ1) is 28.2. The van der Waals surface area contributed by atoms with E-state index in [1.807, 2.05) is 6.07 Å². The standard InChI is InChI=1S/C43H34N2/c1-29-18-20-32(21-19-29)34-12-9-17-39(27-34)43-44-41(33-10-5-4-6-11-33)28-42(45-43)38-16-8-14-36(26-38)35-13-7-15-37(25-35)40-23-30(2)22-31(3)24-40/h4-28H,1-3H3. The molecule has 0 atom stereocenters. The molecular formula is C43H34N2. The first-order valence-electron chi connectivity index (χ1n) is 15.4. The van der Waals surface area contributed by atoms with Gasteiger partial charge in [0.2, 0.25) is 0 Å². The highest BCUT2D eigenvalue weighted by atomic mass is 14.9. The molecule has 2 nitrogen and oxygen atoms in total. The highest BCUT2D eigenvalue weighted by molar-refractivity contribution is 5.79. The molecule has 1 heterocycles. The second-order valence-corrected chi connectivity index (χ2v) is 11.8. The summed E-state index contributed by atoms with van der Waals surface area (Å²) < 4.78 is 0. The third kappa shape index (κ3) is 6.23. The third-order valence-corrected chi connectivity index (χ3v) is 8.21. The fourth-order valence-electron chi connectivity index (χ4n) is 5.94. The van der Waals surface area contributed by atoms with Crippen molar-refractivity contribution in [3.05, 3.63) is 168 Å². The van der Waals surface area contributed by atoms with Gasteiger partial charge in [-0.3, -0.25) is 0 Å². The minimum absolute atomic E-state index is 0.711. The lowest BCUT2D eigenvalue weighted by molar-refractivity contribution is 1.18. The minimum atomic E-state index is 0.711. The van der Waals surface area contributed by atoms with Crippen molar-refractivity contribution in [1.29, 1.82) is 0 Å². The van der Waals surface area contributed by atoms with Crippen molar-refractivity contribution in [2.75, 3.05) is 0 Å². The highest BCUT2D eigenvalue weighted by Crippen LogP contribution is 2.33. The number of benzene rings is 6. The minimum Gasteiger partial charge on any atom is -0.228 e. The maximum Gasteiger partial charge on any atom is 0.160 e. The lowest BCUT2D eigenvalue weighted by atomic mass is 9.95. The van der Waals surface area contributed by atoms with Crippen molar-refractivity contribution in [3.8, 4) is 67.3 Å². The average Bonchev–Trinajstić information content (AvgIpc) is 3.08. The van der Waals surface area contributed by atoms with Crippen LogP contribution < -0.4 is 0 Å². The van der Waals surface area contributed by atoms with Crippen molar-refractivity contribution in [1.82, 2.24) is 9.97 Å². The number of nitrogens with zero attached hydrogens (tertiary/aromatic N) is 2. The molecule has 7 aromatic rings. The van der Waals surface area contributed by atoms with E-state index in [9.17, 15) is 0 Å². The van der Waals surface area contributed by atoms with Crippen LogP contribution in [-0.2, 0) is 0 Å². The molecule has 0 amide bonds. The number of hydrogen-bond acceptors (Lipinski definition) is 2. The van der Waals surface area contributed by atoms with Gasteiger partial charge in [-0.1, -0.05) is 144 Å². The summed E-state index contributed by atoms with van der Waals surface area (Å²) in [6, 6.07) is 53.8. The molecule has 0 unspecified atom stereocenters. The second kappa shape index (κ2) is 12.2. The maximum atomic E-state index is 5.16. The van der Waals surface area contributed by atoms with Crippen molar-refractivity contribution in [3.63, 3.8) is 0 Å². The van der Waals surface area contributed by atoms with Crippen LogP contribution in [0, 0.1) is 20.8 Å². The topological polar surface area (TPSA) is 25.8 Å². The van der Waals surface area contributed by atoms with Crippen molar-refractivity contribution < 1.29 is 0 Å². The summed E-state index contributed by atoms with van der Waals surface area (Å²) in [6.45, 7) is 6.42. The summed E-state index contributed by atoms with van der Waals surface area (Å²) >= 11 is 0. The molecule has 0 aliphatic rings. The van der Waals surface area contributed by atoms with Gasteiger partial charge in [-0.15, -0.1) is 0 Å². The number of aromatic nitrogens is 2. The van der Waals surface area contributed by atoms with E-state index in [0.717, 1.165) is 39.2 Å². The molecule has 0 fully saturated rings. The van der Waals surface area contributed by atoms with Gasteiger partial charge in [-0.25, -0.2) is 9.97 Å². The van der Waals surface area contributed by atoms with E-state index in [1.54, 1.807) is 0 Å². The molecule has 0 spiro atoms. The molecule has 0 radical (unpaired) electrons. The second-order valence-electron chi connectivity index (χ2n) is 11.8. The predicted molar refractivity (Wildman–Crippen MR) is 189 cm³/mol. The summed E-state index contributed by atoms with van der Waals surface area (Å²) in [5, 5.41) is 0. The zero-order valence-electron chi connectivity index (χ0n) is 25.8. The predicted octanol–water partition coefficient (Wildman–Crippen LogP) is 11.4. The van der Waals surface area contributed by atoms with E-state index in [1.165, 1.54) is 38.9 Å². The Hall–Kier alpha value is -5.60. The lowest BCUT2D eigenvalue weighted by Gasteiger charge is -2.12. The van der Waals surface area contributed by atoms with Gasteiger partial charge in [0.15, 0.2) is 5.82 Å². The smallest absolute Gasteiger partial charge is 0.160 e. The zero-order valence-corrected chi connectivity index (χ0v) is 25.8. The molecule has 45 heavy (non-hydrogen) atoms. The highest BCUT2D eigenvalue weighted by Gasteiger charge is 2.13. The van der Waals surface area contributed by atoms with Crippen LogP contribution in [0.1, 0.15) is 16.7 Å². The van der Waals surface area contributed by atoms with E-state index in [0.29, 0.717) is 5.82 Å². The van der Waals surface area contributed by atoms with Gasteiger partial charge in [-0.2, -0.15) is 0 Å². The van der Waals surface area contributed by atoms with Gasteiger partial charge in [0.1, 0.15) is 0 Å². The fraction of sp³-hybridized carbons (Fsp3) is 0.0698. The van der Waals surface area contributed by atoms with Crippen LogP contribution in [0.25, 0.3) is 67.3 Å². The Morgan fingerprint density at radius 3 is 1.40 bits per heavy atom. The molecule has 0 saturated carbocycles. The van der Waals surface area contributed by atoms with Crippen LogP contribution in [-0.4, -0.2) is 9.97 Å².